The minimum absolute atomic E-state index is 0.141. The zero-order valence-electron chi connectivity index (χ0n) is 12.0. The third-order valence-corrected chi connectivity index (χ3v) is 4.50. The Kier molecular flexibility index (Phi) is 3.67. The number of amides is 2. The molecule has 0 spiro atoms. The van der Waals surface area contributed by atoms with E-state index < -0.39 is 0 Å². The zero-order valence-corrected chi connectivity index (χ0v) is 12.0. The first-order chi connectivity index (χ1) is 9.13. The molecule has 108 valence electrons. The fraction of sp³-hybridized carbons (Fsp3) is 0.929. The van der Waals surface area contributed by atoms with Crippen LogP contribution in [0.3, 0.4) is 0 Å². The molecule has 2 heterocycles. The third kappa shape index (κ3) is 3.03. The molecule has 0 bridgehead atoms. The minimum atomic E-state index is 0.141. The molecule has 2 atom stereocenters. The number of rotatable bonds is 3. The van der Waals surface area contributed by atoms with Crippen LogP contribution >= 0.6 is 0 Å². The number of fused-ring (bicyclic) bond motifs is 1. The van der Waals surface area contributed by atoms with Gasteiger partial charge in [-0.05, 0) is 25.2 Å². The summed E-state index contributed by atoms with van der Waals surface area (Å²) in [5, 5.41) is 0. The van der Waals surface area contributed by atoms with Crippen LogP contribution in [0.4, 0.5) is 4.79 Å². The molecule has 2 amide bonds. The Bertz CT molecular complexity index is 344. The van der Waals surface area contributed by atoms with E-state index >= 15 is 0 Å². The van der Waals surface area contributed by atoms with Crippen molar-refractivity contribution in [2.24, 2.45) is 5.92 Å². The van der Waals surface area contributed by atoms with Crippen LogP contribution in [0.5, 0.6) is 0 Å². The van der Waals surface area contributed by atoms with Crippen molar-refractivity contribution in [3.8, 4) is 0 Å². The van der Waals surface area contributed by atoms with Crippen LogP contribution in [0.1, 0.15) is 19.3 Å². The van der Waals surface area contributed by atoms with E-state index in [-0.39, 0.29) is 6.03 Å². The Morgan fingerprint density at radius 3 is 2.74 bits per heavy atom. The van der Waals surface area contributed by atoms with Gasteiger partial charge in [-0.3, -0.25) is 4.90 Å². The molecule has 2 aliphatic heterocycles. The van der Waals surface area contributed by atoms with E-state index in [0.29, 0.717) is 12.1 Å². The zero-order chi connectivity index (χ0) is 13.4. The number of urea groups is 1. The lowest BCUT2D eigenvalue weighted by Crippen LogP contribution is -2.54. The van der Waals surface area contributed by atoms with E-state index in [1.165, 1.54) is 12.8 Å². The van der Waals surface area contributed by atoms with Gasteiger partial charge < -0.3 is 14.5 Å². The van der Waals surface area contributed by atoms with Crippen LogP contribution in [0.2, 0.25) is 0 Å². The minimum Gasteiger partial charge on any atom is -0.377 e. The van der Waals surface area contributed by atoms with Crippen LogP contribution in [0.15, 0.2) is 0 Å². The molecule has 2 unspecified atom stereocenters. The average Bonchev–Trinajstić information content (AvgIpc) is 3.13. The maximum Gasteiger partial charge on any atom is 0.319 e. The SMILES string of the molecule is CN(C)C(=O)N1CCN2CC(OCC3CC3)CC2C1. The lowest BCUT2D eigenvalue weighted by atomic mass is 10.1. The number of hydrogen-bond donors (Lipinski definition) is 0. The number of hydrogen-bond acceptors (Lipinski definition) is 3. The van der Waals surface area contributed by atoms with Crippen molar-refractivity contribution < 1.29 is 9.53 Å². The van der Waals surface area contributed by atoms with Crippen molar-refractivity contribution in [2.75, 3.05) is 46.9 Å². The van der Waals surface area contributed by atoms with E-state index in [2.05, 4.69) is 4.90 Å². The molecule has 0 aromatic heterocycles. The van der Waals surface area contributed by atoms with E-state index in [4.69, 9.17) is 4.74 Å². The molecule has 3 rings (SSSR count). The largest absolute Gasteiger partial charge is 0.377 e. The highest BCUT2D eigenvalue weighted by Gasteiger charge is 2.38. The van der Waals surface area contributed by atoms with Crippen molar-refractivity contribution in [1.29, 1.82) is 0 Å². The van der Waals surface area contributed by atoms with Gasteiger partial charge in [-0.2, -0.15) is 0 Å². The van der Waals surface area contributed by atoms with Crippen LogP contribution in [0.25, 0.3) is 0 Å². The topological polar surface area (TPSA) is 36.0 Å². The second kappa shape index (κ2) is 5.29. The highest BCUT2D eigenvalue weighted by molar-refractivity contribution is 5.74. The highest BCUT2D eigenvalue weighted by Crippen LogP contribution is 2.31. The van der Waals surface area contributed by atoms with Gasteiger partial charge in [0, 0.05) is 52.9 Å². The van der Waals surface area contributed by atoms with E-state index in [1.54, 1.807) is 4.90 Å². The van der Waals surface area contributed by atoms with Crippen molar-refractivity contribution in [3.63, 3.8) is 0 Å². The van der Waals surface area contributed by atoms with E-state index in [9.17, 15) is 4.79 Å². The van der Waals surface area contributed by atoms with Crippen LogP contribution in [-0.4, -0.2) is 79.8 Å². The molecule has 3 fully saturated rings. The molecule has 5 heteroatoms. The van der Waals surface area contributed by atoms with Gasteiger partial charge in [-0.1, -0.05) is 0 Å². The van der Waals surface area contributed by atoms with Gasteiger partial charge in [-0.15, -0.1) is 0 Å². The second-order valence-electron chi connectivity index (χ2n) is 6.41. The molecule has 1 aliphatic carbocycles. The molecular weight excluding hydrogens is 242 g/mol. The van der Waals surface area contributed by atoms with Crippen molar-refractivity contribution in [1.82, 2.24) is 14.7 Å². The number of nitrogens with zero attached hydrogens (tertiary/aromatic N) is 3. The summed E-state index contributed by atoms with van der Waals surface area (Å²) in [7, 11) is 3.65. The number of piperazine rings is 1. The molecule has 0 N–H and O–H groups in total. The normalized spacial score (nSPS) is 31.4. The molecule has 0 radical (unpaired) electrons. The van der Waals surface area contributed by atoms with E-state index in [0.717, 1.165) is 45.1 Å². The quantitative estimate of drug-likeness (QED) is 0.761. The standard InChI is InChI=1S/C14H25N3O2/c1-15(2)14(18)17-6-5-16-9-13(7-12(16)8-17)19-10-11-3-4-11/h11-13H,3-10H2,1-2H3. The Labute approximate surface area is 115 Å². The molecule has 0 aromatic carbocycles. The maximum absolute atomic E-state index is 12.0. The summed E-state index contributed by atoms with van der Waals surface area (Å²) in [5.41, 5.74) is 0. The van der Waals surface area contributed by atoms with Gasteiger partial charge in [0.25, 0.3) is 0 Å². The highest BCUT2D eigenvalue weighted by atomic mass is 16.5. The second-order valence-corrected chi connectivity index (χ2v) is 6.41. The number of carbonyl (C=O) groups excluding carboxylic acids is 1. The van der Waals surface area contributed by atoms with E-state index in [1.807, 2.05) is 19.0 Å². The summed E-state index contributed by atoms with van der Waals surface area (Å²) in [6, 6.07) is 0.642. The summed E-state index contributed by atoms with van der Waals surface area (Å²) in [6.07, 6.45) is 4.18. The summed E-state index contributed by atoms with van der Waals surface area (Å²) in [6.45, 7) is 4.71. The molecular formula is C14H25N3O2. The smallest absolute Gasteiger partial charge is 0.319 e. The first-order valence-electron chi connectivity index (χ1n) is 7.45. The first-order valence-corrected chi connectivity index (χ1v) is 7.45. The lowest BCUT2D eigenvalue weighted by Gasteiger charge is -2.38. The van der Waals surface area contributed by atoms with Gasteiger partial charge >= 0.3 is 6.03 Å². The van der Waals surface area contributed by atoms with Crippen molar-refractivity contribution >= 4 is 6.03 Å². The third-order valence-electron chi connectivity index (χ3n) is 4.50. The first kappa shape index (κ1) is 13.2. The van der Waals surface area contributed by atoms with Crippen LogP contribution in [-0.2, 0) is 4.74 Å². The Hall–Kier alpha value is -0.810. The van der Waals surface area contributed by atoms with Gasteiger partial charge in [-0.25, -0.2) is 4.79 Å². The predicted molar refractivity (Wildman–Crippen MR) is 73.1 cm³/mol. The Morgan fingerprint density at radius 1 is 1.26 bits per heavy atom. The molecule has 5 nitrogen and oxygen atoms in total. The fourth-order valence-corrected chi connectivity index (χ4v) is 3.13. The number of ether oxygens (including phenoxy) is 1. The lowest BCUT2D eigenvalue weighted by molar-refractivity contribution is 0.0513. The maximum atomic E-state index is 12.0. The average molecular weight is 267 g/mol. The molecule has 1 saturated carbocycles. The monoisotopic (exact) mass is 267 g/mol. The summed E-state index contributed by atoms with van der Waals surface area (Å²) >= 11 is 0. The summed E-state index contributed by atoms with van der Waals surface area (Å²) in [5.74, 6) is 0.837. The van der Waals surface area contributed by atoms with Gasteiger partial charge in [0.2, 0.25) is 0 Å². The fourth-order valence-electron chi connectivity index (χ4n) is 3.13. The summed E-state index contributed by atoms with van der Waals surface area (Å²) in [4.78, 5) is 18.1. The van der Waals surface area contributed by atoms with Crippen LogP contribution in [0, 0.1) is 5.92 Å². The van der Waals surface area contributed by atoms with Gasteiger partial charge in [0.15, 0.2) is 0 Å². The molecule has 3 aliphatic rings. The summed E-state index contributed by atoms with van der Waals surface area (Å²) < 4.78 is 6.01. The van der Waals surface area contributed by atoms with Crippen LogP contribution < -0.4 is 0 Å². The number of carbonyl (C=O) groups is 1. The molecule has 2 saturated heterocycles. The van der Waals surface area contributed by atoms with Crippen molar-refractivity contribution in [2.45, 2.75) is 31.4 Å². The predicted octanol–water partition coefficient (Wildman–Crippen LogP) is 0.853. The molecule has 0 aromatic rings. The van der Waals surface area contributed by atoms with Crippen molar-refractivity contribution in [3.05, 3.63) is 0 Å². The Morgan fingerprint density at radius 2 is 2.05 bits per heavy atom. The molecule has 19 heavy (non-hydrogen) atoms. The Balaban J connectivity index is 1.49. The van der Waals surface area contributed by atoms with Gasteiger partial charge in [0.05, 0.1) is 6.10 Å². The van der Waals surface area contributed by atoms with Gasteiger partial charge in [0.1, 0.15) is 0 Å².